The number of aryl methyl sites for hydroxylation is 2. The maximum Gasteiger partial charge on any atom is 0.280 e. The van der Waals surface area contributed by atoms with Crippen LogP contribution in [0.25, 0.3) is 11.3 Å². The van der Waals surface area contributed by atoms with E-state index in [4.69, 9.17) is 17.3 Å². The third-order valence-electron chi connectivity index (χ3n) is 6.95. The second-order valence-electron chi connectivity index (χ2n) is 10.1. The van der Waals surface area contributed by atoms with Gasteiger partial charge in [-0.1, -0.05) is 47.7 Å². The summed E-state index contributed by atoms with van der Waals surface area (Å²) in [4.78, 5) is 44.8. The van der Waals surface area contributed by atoms with E-state index in [1.807, 2.05) is 41.8 Å². The molecular weight excluding hydrogens is 640 g/mol. The van der Waals surface area contributed by atoms with Gasteiger partial charge in [-0.25, -0.2) is 4.98 Å². The molecular formula is C34H25ClN6O3S2. The fourth-order valence-corrected chi connectivity index (χ4v) is 6.28. The molecule has 0 aliphatic carbocycles. The number of halogens is 1. The molecule has 0 aliphatic rings. The number of nitrogens with one attached hydrogen (secondary N) is 1. The summed E-state index contributed by atoms with van der Waals surface area (Å²) in [6.45, 7) is 0.734. The summed E-state index contributed by atoms with van der Waals surface area (Å²) in [5.41, 5.74) is 10.2. The maximum absolute atomic E-state index is 13.9. The molecule has 6 rings (SSSR count). The van der Waals surface area contributed by atoms with Gasteiger partial charge in [-0.3, -0.25) is 14.4 Å². The number of anilines is 1. The molecule has 0 radical (unpaired) electrons. The zero-order valence-corrected chi connectivity index (χ0v) is 26.5. The summed E-state index contributed by atoms with van der Waals surface area (Å²) in [6.07, 6.45) is 2.28. The Hall–Kier alpha value is -5.28. The number of carbonyl (C=O) groups is 2. The number of pyridine rings is 1. The lowest BCUT2D eigenvalue weighted by Crippen LogP contribution is -2.23. The lowest BCUT2D eigenvalue weighted by atomic mass is 10.1. The van der Waals surface area contributed by atoms with Crippen LogP contribution in [0, 0.1) is 11.8 Å². The highest BCUT2D eigenvalue weighted by molar-refractivity contribution is 7.16. The van der Waals surface area contributed by atoms with Crippen molar-refractivity contribution >= 4 is 51.9 Å². The normalized spacial score (nSPS) is 10.7. The van der Waals surface area contributed by atoms with Crippen molar-refractivity contribution in [2.75, 3.05) is 5.32 Å². The fraction of sp³-hybridized carbons (Fsp3) is 0.0882. The highest BCUT2D eigenvalue weighted by Crippen LogP contribution is 2.25. The summed E-state index contributed by atoms with van der Waals surface area (Å²) in [7, 11) is 0. The van der Waals surface area contributed by atoms with Gasteiger partial charge >= 0.3 is 0 Å². The quantitative estimate of drug-likeness (QED) is 0.185. The Kier molecular flexibility index (Phi) is 9.21. The number of nitrogens with zero attached hydrogens (tertiary/aromatic N) is 4. The van der Waals surface area contributed by atoms with Gasteiger partial charge in [0, 0.05) is 57.7 Å². The van der Waals surface area contributed by atoms with Gasteiger partial charge in [0.2, 0.25) is 5.91 Å². The van der Waals surface area contributed by atoms with Crippen molar-refractivity contribution in [3.8, 4) is 23.1 Å². The van der Waals surface area contributed by atoms with Gasteiger partial charge in [-0.15, -0.1) is 22.7 Å². The lowest BCUT2D eigenvalue weighted by Gasteiger charge is -2.09. The first-order chi connectivity index (χ1) is 22.3. The van der Waals surface area contributed by atoms with Crippen LogP contribution in [0.5, 0.6) is 0 Å². The van der Waals surface area contributed by atoms with E-state index in [2.05, 4.69) is 27.2 Å². The van der Waals surface area contributed by atoms with Crippen LogP contribution in [-0.4, -0.2) is 31.1 Å². The second kappa shape index (κ2) is 13.8. The molecule has 0 saturated heterocycles. The van der Waals surface area contributed by atoms with E-state index in [0.717, 1.165) is 16.1 Å². The number of hydrogen-bond acceptors (Lipinski definition) is 8. The minimum atomic E-state index is -0.657. The van der Waals surface area contributed by atoms with Crippen LogP contribution in [0.4, 0.5) is 5.82 Å². The van der Waals surface area contributed by atoms with Crippen LogP contribution in [0.3, 0.4) is 0 Å². The molecule has 46 heavy (non-hydrogen) atoms. The van der Waals surface area contributed by atoms with Gasteiger partial charge in [0.25, 0.3) is 11.5 Å². The number of primary amides is 1. The number of aromatic nitrogens is 4. The Labute approximate surface area is 276 Å². The van der Waals surface area contributed by atoms with Crippen molar-refractivity contribution in [3.05, 3.63) is 143 Å². The molecule has 0 aliphatic heterocycles. The Morgan fingerprint density at radius 2 is 1.76 bits per heavy atom. The van der Waals surface area contributed by atoms with Crippen molar-refractivity contribution in [1.82, 2.24) is 19.3 Å². The predicted octanol–water partition coefficient (Wildman–Crippen LogP) is 5.93. The molecule has 0 unspecified atom stereocenters. The van der Waals surface area contributed by atoms with Crippen LogP contribution in [0.1, 0.15) is 42.4 Å². The van der Waals surface area contributed by atoms with Gasteiger partial charge in [0.05, 0.1) is 27.6 Å². The summed E-state index contributed by atoms with van der Waals surface area (Å²) < 4.78 is 3.42. The molecule has 9 nitrogen and oxygen atoms in total. The van der Waals surface area contributed by atoms with Crippen LogP contribution < -0.4 is 16.6 Å². The minimum Gasteiger partial charge on any atom is -0.366 e. The number of amides is 1. The van der Waals surface area contributed by atoms with Crippen molar-refractivity contribution in [2.45, 2.75) is 19.5 Å². The first kappa shape index (κ1) is 30.7. The van der Waals surface area contributed by atoms with Crippen molar-refractivity contribution < 1.29 is 9.59 Å². The molecule has 228 valence electrons. The Balaban J connectivity index is 1.43. The highest BCUT2D eigenvalue weighted by Gasteiger charge is 2.21. The van der Waals surface area contributed by atoms with Crippen LogP contribution in [0.2, 0.25) is 4.34 Å². The van der Waals surface area contributed by atoms with E-state index in [-0.39, 0.29) is 27.9 Å². The average molecular weight is 665 g/mol. The molecule has 3 N–H and O–H groups in total. The lowest BCUT2D eigenvalue weighted by molar-refractivity contribution is 0.0948. The highest BCUT2D eigenvalue weighted by atomic mass is 35.5. The van der Waals surface area contributed by atoms with Gasteiger partial charge in [0.15, 0.2) is 0 Å². The largest absolute Gasteiger partial charge is 0.366 e. The van der Waals surface area contributed by atoms with E-state index in [1.165, 1.54) is 39.5 Å². The number of nitrogens with two attached hydrogens (primary N) is 1. The van der Waals surface area contributed by atoms with Gasteiger partial charge < -0.3 is 15.6 Å². The zero-order chi connectivity index (χ0) is 32.0. The number of benzene rings is 2. The SMILES string of the molecule is NC(=O)c1cccc(C(=O)n2nc(-c3cc(C#Cc4ccccc4)cn(CCc4cscn4)c3=O)cc2NCc2ccc(Cl)s2)c1. The van der Waals surface area contributed by atoms with Crippen LogP contribution in [0.15, 0.2) is 101 Å². The predicted molar refractivity (Wildman–Crippen MR) is 182 cm³/mol. The van der Waals surface area contributed by atoms with Gasteiger partial charge in [-0.2, -0.15) is 9.78 Å². The monoisotopic (exact) mass is 664 g/mol. The molecule has 0 bridgehead atoms. The van der Waals surface area contributed by atoms with Crippen LogP contribution >= 0.6 is 34.3 Å². The Morgan fingerprint density at radius 1 is 0.957 bits per heavy atom. The molecule has 1 amide bonds. The summed E-state index contributed by atoms with van der Waals surface area (Å²) in [5.74, 6) is 5.51. The number of carbonyl (C=O) groups excluding carboxylic acids is 2. The molecule has 2 aromatic carbocycles. The third-order valence-corrected chi connectivity index (χ3v) is 8.81. The molecule has 12 heteroatoms. The van der Waals surface area contributed by atoms with Gasteiger partial charge in [-0.05, 0) is 48.5 Å². The van der Waals surface area contributed by atoms with Crippen LogP contribution in [-0.2, 0) is 19.5 Å². The molecule has 0 fully saturated rings. The van der Waals surface area contributed by atoms with E-state index in [1.54, 1.807) is 46.6 Å². The number of thiophene rings is 1. The first-order valence-corrected chi connectivity index (χ1v) is 16.2. The van der Waals surface area contributed by atoms with Gasteiger partial charge in [0.1, 0.15) is 11.5 Å². The maximum atomic E-state index is 13.9. The van der Waals surface area contributed by atoms with E-state index < -0.39 is 11.8 Å². The topological polar surface area (TPSA) is 125 Å². The smallest absolute Gasteiger partial charge is 0.280 e. The summed E-state index contributed by atoms with van der Waals surface area (Å²) in [6, 6.07) is 22.7. The molecule has 0 spiro atoms. The van der Waals surface area contributed by atoms with Crippen molar-refractivity contribution in [3.63, 3.8) is 0 Å². The molecule has 4 heterocycles. The Morgan fingerprint density at radius 3 is 2.50 bits per heavy atom. The summed E-state index contributed by atoms with van der Waals surface area (Å²) in [5, 5.41) is 9.82. The second-order valence-corrected chi connectivity index (χ2v) is 12.6. The molecule has 6 aromatic rings. The summed E-state index contributed by atoms with van der Waals surface area (Å²) >= 11 is 9.03. The standard InChI is InChI=1S/C34H25ClN6O3S2/c35-30-12-11-27(46-30)18-37-31-17-29(39-41(31)33(43)25-8-4-7-24(16-25)32(36)42)28-15-23(10-9-22-5-2-1-3-6-22)19-40(34(28)44)14-13-26-20-45-21-38-26/h1-8,11-12,15-17,19-21,37H,13-14,18H2,(H2,36,42). The number of thiazole rings is 1. The zero-order valence-electron chi connectivity index (χ0n) is 24.1. The first-order valence-electron chi connectivity index (χ1n) is 14.1. The van der Waals surface area contributed by atoms with E-state index in [0.29, 0.717) is 35.2 Å². The fourth-order valence-electron chi connectivity index (χ4n) is 4.66. The minimum absolute atomic E-state index is 0.189. The molecule has 4 aromatic heterocycles. The number of hydrogen-bond donors (Lipinski definition) is 2. The molecule has 0 saturated carbocycles. The number of rotatable bonds is 9. The third kappa shape index (κ3) is 7.16. The van der Waals surface area contributed by atoms with Crippen molar-refractivity contribution in [2.24, 2.45) is 5.73 Å². The van der Waals surface area contributed by atoms with E-state index in [9.17, 15) is 14.4 Å². The van der Waals surface area contributed by atoms with Crippen molar-refractivity contribution in [1.29, 1.82) is 0 Å². The molecule has 0 atom stereocenters. The Bertz CT molecular complexity index is 2160. The average Bonchev–Trinajstić information content (AvgIpc) is 3.84. The van der Waals surface area contributed by atoms with E-state index >= 15 is 0 Å².